The number of rotatable bonds is 5. The molecular weight excluding hydrogens is 412 g/mol. The van der Waals surface area contributed by atoms with E-state index in [1.165, 1.54) is 51.6 Å². The van der Waals surface area contributed by atoms with Crippen LogP contribution in [0.1, 0.15) is 65.9 Å². The topological polar surface area (TPSA) is 71.3 Å². The Morgan fingerprint density at radius 2 is 1.79 bits per heavy atom. The number of likely N-dealkylation sites (tertiary alicyclic amines) is 1. The Morgan fingerprint density at radius 1 is 1.06 bits per heavy atom. The fourth-order valence-corrected chi connectivity index (χ4v) is 4.52. The van der Waals surface area contributed by atoms with Crippen LogP contribution in [0.2, 0.25) is 0 Å². The van der Waals surface area contributed by atoms with E-state index < -0.39 is 0 Å². The number of nitrogens with zero attached hydrogens (tertiary/aromatic N) is 3. The van der Waals surface area contributed by atoms with Gasteiger partial charge in [0.2, 0.25) is 5.89 Å². The second-order valence-corrected chi connectivity index (χ2v) is 8.96. The molecule has 0 spiro atoms. The third-order valence-electron chi connectivity index (χ3n) is 6.58. The van der Waals surface area contributed by atoms with Crippen molar-refractivity contribution in [3.63, 3.8) is 0 Å². The van der Waals surface area contributed by atoms with Crippen LogP contribution in [0.25, 0.3) is 11.5 Å². The van der Waals surface area contributed by atoms with Crippen LogP contribution in [-0.2, 0) is 6.54 Å². The number of carbonyl (C=O) groups is 1. The summed E-state index contributed by atoms with van der Waals surface area (Å²) in [6.07, 6.45) is 12.3. The molecule has 1 saturated heterocycles. The summed E-state index contributed by atoms with van der Waals surface area (Å²) in [4.78, 5) is 23.2. The van der Waals surface area contributed by atoms with Gasteiger partial charge >= 0.3 is 0 Å². The standard InChI is InChI=1S/C18H17N3O2.C9H17N/c1-12-13(2)23-18(21-12)16-7-5-15(6-8-16)17(22)20-11-14-4-3-9-19-10-14;1-2-6-9(5-1)10-7-3-4-8-10/h3-10H,11H2,1-2H3,(H,20,22);9H,1-8H2. The molecular formula is C27H34N4O2. The smallest absolute Gasteiger partial charge is 0.251 e. The van der Waals surface area contributed by atoms with E-state index in [4.69, 9.17) is 4.42 Å². The van der Waals surface area contributed by atoms with Gasteiger partial charge in [-0.05, 0) is 88.5 Å². The molecule has 3 heterocycles. The number of hydrogen-bond acceptors (Lipinski definition) is 5. The highest BCUT2D eigenvalue weighted by molar-refractivity contribution is 5.94. The third-order valence-corrected chi connectivity index (χ3v) is 6.58. The van der Waals surface area contributed by atoms with Gasteiger partial charge in [-0.2, -0.15) is 0 Å². The van der Waals surface area contributed by atoms with Crippen molar-refractivity contribution in [1.29, 1.82) is 0 Å². The van der Waals surface area contributed by atoms with Crippen LogP contribution in [0.4, 0.5) is 0 Å². The number of hydrogen-bond donors (Lipinski definition) is 1. The predicted octanol–water partition coefficient (Wildman–Crippen LogP) is 5.31. The van der Waals surface area contributed by atoms with Crippen molar-refractivity contribution in [2.24, 2.45) is 0 Å². The van der Waals surface area contributed by atoms with Crippen molar-refractivity contribution in [1.82, 2.24) is 20.2 Å². The first-order valence-electron chi connectivity index (χ1n) is 12.1. The predicted molar refractivity (Wildman–Crippen MR) is 130 cm³/mol. The Balaban J connectivity index is 0.000000214. The van der Waals surface area contributed by atoms with E-state index in [-0.39, 0.29) is 5.91 Å². The minimum absolute atomic E-state index is 0.125. The number of aryl methyl sites for hydroxylation is 2. The van der Waals surface area contributed by atoms with Crippen molar-refractivity contribution >= 4 is 5.91 Å². The zero-order valence-corrected chi connectivity index (χ0v) is 19.7. The van der Waals surface area contributed by atoms with Crippen molar-refractivity contribution in [3.05, 3.63) is 71.4 Å². The number of oxazole rings is 1. The maximum atomic E-state index is 12.2. The molecule has 6 nitrogen and oxygen atoms in total. The molecule has 6 heteroatoms. The summed E-state index contributed by atoms with van der Waals surface area (Å²) in [6.45, 7) is 7.02. The Hall–Kier alpha value is -2.99. The highest BCUT2D eigenvalue weighted by Gasteiger charge is 2.24. The lowest BCUT2D eigenvalue weighted by atomic mass is 10.1. The largest absolute Gasteiger partial charge is 0.441 e. The monoisotopic (exact) mass is 446 g/mol. The number of carbonyl (C=O) groups excluding carboxylic acids is 1. The zero-order valence-electron chi connectivity index (χ0n) is 19.7. The van der Waals surface area contributed by atoms with Crippen LogP contribution in [0.3, 0.4) is 0 Å². The summed E-state index contributed by atoms with van der Waals surface area (Å²) in [6, 6.07) is 12.0. The van der Waals surface area contributed by atoms with E-state index >= 15 is 0 Å². The van der Waals surface area contributed by atoms with Gasteiger partial charge in [0.15, 0.2) is 0 Å². The van der Waals surface area contributed by atoms with Crippen LogP contribution in [-0.4, -0.2) is 39.9 Å². The van der Waals surface area contributed by atoms with Gasteiger partial charge in [0.1, 0.15) is 5.76 Å². The minimum atomic E-state index is -0.125. The third kappa shape index (κ3) is 6.29. The molecule has 0 unspecified atom stereocenters. The summed E-state index contributed by atoms with van der Waals surface area (Å²) in [5.74, 6) is 1.25. The summed E-state index contributed by atoms with van der Waals surface area (Å²) in [7, 11) is 0. The maximum absolute atomic E-state index is 12.2. The normalized spacial score (nSPS) is 16.4. The SMILES string of the molecule is C1CCC(N2CCCC2)C1.Cc1nc(-c2ccc(C(=O)NCc3cccnc3)cc2)oc1C. The second-order valence-electron chi connectivity index (χ2n) is 8.96. The lowest BCUT2D eigenvalue weighted by Crippen LogP contribution is -2.29. The van der Waals surface area contributed by atoms with Crippen LogP contribution < -0.4 is 5.32 Å². The van der Waals surface area contributed by atoms with Gasteiger partial charge in [-0.1, -0.05) is 18.9 Å². The summed E-state index contributed by atoms with van der Waals surface area (Å²) < 4.78 is 5.59. The second kappa shape index (κ2) is 11.2. The molecule has 1 aromatic carbocycles. The van der Waals surface area contributed by atoms with E-state index in [0.29, 0.717) is 18.0 Å². The molecule has 174 valence electrons. The molecule has 1 saturated carbocycles. The molecule has 1 aliphatic heterocycles. The molecule has 3 aromatic rings. The lowest BCUT2D eigenvalue weighted by Gasteiger charge is -2.22. The van der Waals surface area contributed by atoms with Crippen molar-refractivity contribution in [3.8, 4) is 11.5 Å². The highest BCUT2D eigenvalue weighted by Crippen LogP contribution is 2.26. The molecule has 0 radical (unpaired) electrons. The van der Waals surface area contributed by atoms with Crippen LogP contribution in [0, 0.1) is 13.8 Å². The van der Waals surface area contributed by atoms with E-state index in [0.717, 1.165) is 28.6 Å². The lowest BCUT2D eigenvalue weighted by molar-refractivity contribution is 0.0951. The fraction of sp³-hybridized carbons (Fsp3) is 0.444. The Kier molecular flexibility index (Phi) is 7.89. The molecule has 1 amide bonds. The number of amides is 1. The van der Waals surface area contributed by atoms with E-state index in [2.05, 4.69) is 20.2 Å². The Labute approximate surface area is 196 Å². The van der Waals surface area contributed by atoms with E-state index in [1.54, 1.807) is 24.5 Å². The zero-order chi connectivity index (χ0) is 23.0. The van der Waals surface area contributed by atoms with Gasteiger partial charge in [-0.3, -0.25) is 9.78 Å². The molecule has 0 atom stereocenters. The van der Waals surface area contributed by atoms with Gasteiger partial charge in [0, 0.05) is 36.1 Å². The summed E-state index contributed by atoms with van der Waals surface area (Å²) in [5.41, 5.74) is 3.28. The fourth-order valence-electron chi connectivity index (χ4n) is 4.52. The molecule has 0 bridgehead atoms. The van der Waals surface area contributed by atoms with Crippen LogP contribution in [0.15, 0.2) is 53.2 Å². The minimum Gasteiger partial charge on any atom is -0.441 e. The number of aromatic nitrogens is 2. The molecule has 5 rings (SSSR count). The maximum Gasteiger partial charge on any atom is 0.251 e. The van der Waals surface area contributed by atoms with Gasteiger partial charge in [0.25, 0.3) is 5.91 Å². The molecule has 33 heavy (non-hydrogen) atoms. The first-order valence-corrected chi connectivity index (χ1v) is 12.1. The molecule has 2 aromatic heterocycles. The first kappa shape index (κ1) is 23.2. The first-order chi connectivity index (χ1) is 16.1. The van der Waals surface area contributed by atoms with E-state index in [1.807, 2.05) is 38.1 Å². The van der Waals surface area contributed by atoms with Gasteiger partial charge in [-0.25, -0.2) is 4.98 Å². The quantitative estimate of drug-likeness (QED) is 0.575. The molecule has 2 aliphatic rings. The summed E-state index contributed by atoms with van der Waals surface area (Å²) in [5, 5.41) is 2.87. The van der Waals surface area contributed by atoms with Gasteiger partial charge < -0.3 is 14.6 Å². The van der Waals surface area contributed by atoms with Crippen LogP contribution >= 0.6 is 0 Å². The average molecular weight is 447 g/mol. The average Bonchev–Trinajstić information content (AvgIpc) is 3.62. The number of pyridine rings is 1. The Bertz CT molecular complexity index is 985. The summed E-state index contributed by atoms with van der Waals surface area (Å²) >= 11 is 0. The number of benzene rings is 1. The molecule has 1 aliphatic carbocycles. The van der Waals surface area contributed by atoms with Crippen LogP contribution in [0.5, 0.6) is 0 Å². The van der Waals surface area contributed by atoms with Crippen molar-refractivity contribution < 1.29 is 9.21 Å². The molecule has 1 N–H and O–H groups in total. The van der Waals surface area contributed by atoms with Gasteiger partial charge in [-0.15, -0.1) is 0 Å². The van der Waals surface area contributed by atoms with Crippen molar-refractivity contribution in [2.45, 2.75) is 65.0 Å². The molecule has 2 fully saturated rings. The Morgan fingerprint density at radius 3 is 2.39 bits per heavy atom. The van der Waals surface area contributed by atoms with E-state index in [9.17, 15) is 4.79 Å². The van der Waals surface area contributed by atoms with Crippen molar-refractivity contribution in [2.75, 3.05) is 13.1 Å². The number of nitrogens with one attached hydrogen (secondary N) is 1. The highest BCUT2D eigenvalue weighted by atomic mass is 16.4. The van der Waals surface area contributed by atoms with Gasteiger partial charge in [0.05, 0.1) is 5.69 Å².